The maximum absolute atomic E-state index is 13.9. The lowest BCUT2D eigenvalue weighted by molar-refractivity contribution is -0.122. The Kier molecular flexibility index (Phi) is 7.92. The number of benzene rings is 1. The molecule has 2 rings (SSSR count). The first-order valence-corrected chi connectivity index (χ1v) is 7.92. The second-order valence-corrected chi connectivity index (χ2v) is 6.35. The molecule has 1 aromatic rings. The van der Waals surface area contributed by atoms with Crippen LogP contribution in [0.2, 0.25) is 0 Å². The zero-order chi connectivity index (χ0) is 16.1. The van der Waals surface area contributed by atoms with Crippen LogP contribution in [0.5, 0.6) is 0 Å². The first-order chi connectivity index (χ1) is 10.5. The van der Waals surface area contributed by atoms with E-state index in [0.717, 1.165) is 32.0 Å². The Morgan fingerprint density at radius 1 is 1.39 bits per heavy atom. The van der Waals surface area contributed by atoms with Gasteiger partial charge in [0.15, 0.2) is 0 Å². The van der Waals surface area contributed by atoms with Crippen LogP contribution < -0.4 is 10.6 Å². The van der Waals surface area contributed by atoms with Gasteiger partial charge in [-0.15, -0.1) is 12.4 Å². The van der Waals surface area contributed by atoms with Crippen molar-refractivity contribution in [1.82, 2.24) is 10.6 Å². The average Bonchev–Trinajstić information content (AvgIpc) is 2.96. The Balaban J connectivity index is 0.00000264. The van der Waals surface area contributed by atoms with Crippen LogP contribution in [0.3, 0.4) is 0 Å². The van der Waals surface area contributed by atoms with Crippen LogP contribution in [0.15, 0.2) is 18.2 Å². The van der Waals surface area contributed by atoms with Gasteiger partial charge in [-0.25, -0.2) is 8.78 Å². The van der Waals surface area contributed by atoms with Crippen LogP contribution in [-0.4, -0.2) is 19.0 Å². The topological polar surface area (TPSA) is 41.1 Å². The van der Waals surface area contributed by atoms with Crippen molar-refractivity contribution >= 4 is 18.3 Å². The first-order valence-electron chi connectivity index (χ1n) is 7.92. The third kappa shape index (κ3) is 5.74. The van der Waals surface area contributed by atoms with Crippen LogP contribution in [-0.2, 0) is 4.79 Å². The Morgan fingerprint density at radius 3 is 2.70 bits per heavy atom. The van der Waals surface area contributed by atoms with Crippen LogP contribution in [0.4, 0.5) is 8.78 Å². The summed E-state index contributed by atoms with van der Waals surface area (Å²) in [7, 11) is 0. The average molecular weight is 347 g/mol. The third-order valence-electron chi connectivity index (χ3n) is 4.22. The lowest BCUT2D eigenvalue weighted by atomic mass is 9.95. The first kappa shape index (κ1) is 19.8. The molecule has 23 heavy (non-hydrogen) atoms. The molecule has 0 aliphatic carbocycles. The predicted octanol–water partition coefficient (Wildman–Crippen LogP) is 3.59. The van der Waals surface area contributed by atoms with Gasteiger partial charge < -0.3 is 10.6 Å². The van der Waals surface area contributed by atoms with E-state index in [1.807, 2.05) is 13.8 Å². The summed E-state index contributed by atoms with van der Waals surface area (Å²) < 4.78 is 27.0. The van der Waals surface area contributed by atoms with Gasteiger partial charge in [-0.05, 0) is 43.8 Å². The molecule has 2 atom stereocenters. The molecule has 1 aliphatic rings. The largest absolute Gasteiger partial charge is 0.349 e. The number of halogens is 3. The zero-order valence-electron chi connectivity index (χ0n) is 13.6. The van der Waals surface area contributed by atoms with Crippen molar-refractivity contribution in [1.29, 1.82) is 0 Å². The molecule has 0 radical (unpaired) electrons. The van der Waals surface area contributed by atoms with E-state index in [2.05, 4.69) is 10.6 Å². The van der Waals surface area contributed by atoms with Gasteiger partial charge in [-0.1, -0.05) is 19.9 Å². The molecule has 1 saturated heterocycles. The van der Waals surface area contributed by atoms with E-state index in [4.69, 9.17) is 0 Å². The van der Waals surface area contributed by atoms with E-state index in [0.29, 0.717) is 17.9 Å². The fourth-order valence-electron chi connectivity index (χ4n) is 2.90. The van der Waals surface area contributed by atoms with Crippen molar-refractivity contribution in [2.24, 2.45) is 11.8 Å². The number of nitrogens with one attached hydrogen (secondary N) is 2. The van der Waals surface area contributed by atoms with Crippen LogP contribution in [0, 0.1) is 23.5 Å². The summed E-state index contributed by atoms with van der Waals surface area (Å²) in [6.07, 6.45) is 2.39. The molecular formula is C17H25ClF2N2O. The summed E-state index contributed by atoms with van der Waals surface area (Å²) in [5, 5.41) is 6.17. The molecule has 1 heterocycles. The second kappa shape index (κ2) is 9.18. The zero-order valence-corrected chi connectivity index (χ0v) is 14.4. The van der Waals surface area contributed by atoms with Crippen molar-refractivity contribution < 1.29 is 13.6 Å². The molecule has 0 spiro atoms. The molecule has 1 aliphatic heterocycles. The van der Waals surface area contributed by atoms with Crippen LogP contribution in [0.1, 0.15) is 44.7 Å². The summed E-state index contributed by atoms with van der Waals surface area (Å²) in [6.45, 7) is 5.80. The van der Waals surface area contributed by atoms with Crippen molar-refractivity contribution in [2.45, 2.75) is 39.2 Å². The molecule has 1 aromatic carbocycles. The van der Waals surface area contributed by atoms with Crippen molar-refractivity contribution in [2.75, 3.05) is 13.1 Å². The lowest BCUT2D eigenvalue weighted by Crippen LogP contribution is -2.32. The van der Waals surface area contributed by atoms with Gasteiger partial charge in [0.2, 0.25) is 5.91 Å². The second-order valence-electron chi connectivity index (χ2n) is 6.35. The molecule has 1 fully saturated rings. The smallest absolute Gasteiger partial charge is 0.220 e. The highest BCUT2D eigenvalue weighted by Crippen LogP contribution is 2.25. The van der Waals surface area contributed by atoms with E-state index >= 15 is 0 Å². The van der Waals surface area contributed by atoms with Gasteiger partial charge in [0.05, 0.1) is 6.04 Å². The van der Waals surface area contributed by atoms with Gasteiger partial charge in [-0.3, -0.25) is 4.79 Å². The van der Waals surface area contributed by atoms with Crippen molar-refractivity contribution in [3.05, 3.63) is 35.4 Å². The summed E-state index contributed by atoms with van der Waals surface area (Å²) >= 11 is 0. The molecule has 0 saturated carbocycles. The fourth-order valence-corrected chi connectivity index (χ4v) is 2.90. The number of carbonyl (C=O) groups excluding carboxylic acids is 1. The Labute approximate surface area is 142 Å². The minimum atomic E-state index is -0.612. The minimum absolute atomic E-state index is 0. The van der Waals surface area contributed by atoms with E-state index < -0.39 is 17.7 Å². The normalized spacial score (nSPS) is 18.6. The highest BCUT2D eigenvalue weighted by Gasteiger charge is 2.23. The standard InChI is InChI=1S/C17H24F2N2O.ClH/c1-11(2)17(14-5-4-13(18)9-15(14)19)21-16(22)6-3-12-7-8-20-10-12;/h4-5,9,11-12,17,20H,3,6-8,10H2,1-2H3,(H,21,22);1H. The van der Waals surface area contributed by atoms with Crippen molar-refractivity contribution in [3.63, 3.8) is 0 Å². The van der Waals surface area contributed by atoms with E-state index in [1.54, 1.807) is 0 Å². The van der Waals surface area contributed by atoms with Gasteiger partial charge in [0, 0.05) is 18.1 Å². The summed E-state index contributed by atoms with van der Waals surface area (Å²) in [5.74, 6) is -0.722. The monoisotopic (exact) mass is 346 g/mol. The fraction of sp³-hybridized carbons (Fsp3) is 0.588. The SMILES string of the molecule is CC(C)C(NC(=O)CCC1CCNC1)c1ccc(F)cc1F.Cl. The molecule has 1 amide bonds. The van der Waals surface area contributed by atoms with E-state index in [9.17, 15) is 13.6 Å². The van der Waals surface area contributed by atoms with Crippen LogP contribution in [0.25, 0.3) is 0 Å². The Hall–Kier alpha value is -1.20. The number of carbonyl (C=O) groups is 1. The molecule has 0 aromatic heterocycles. The summed E-state index contributed by atoms with van der Waals surface area (Å²) in [5.41, 5.74) is 0.340. The summed E-state index contributed by atoms with van der Waals surface area (Å²) in [6, 6.07) is 3.07. The van der Waals surface area contributed by atoms with Gasteiger partial charge in [0.25, 0.3) is 0 Å². The molecule has 6 heteroatoms. The minimum Gasteiger partial charge on any atom is -0.349 e. The van der Waals surface area contributed by atoms with Crippen LogP contribution >= 0.6 is 12.4 Å². The van der Waals surface area contributed by atoms with E-state index in [-0.39, 0.29) is 24.2 Å². The number of amides is 1. The highest BCUT2D eigenvalue weighted by atomic mass is 35.5. The third-order valence-corrected chi connectivity index (χ3v) is 4.22. The lowest BCUT2D eigenvalue weighted by Gasteiger charge is -2.23. The summed E-state index contributed by atoms with van der Waals surface area (Å²) in [4.78, 5) is 12.1. The highest BCUT2D eigenvalue weighted by molar-refractivity contribution is 5.85. The Bertz CT molecular complexity index is 519. The number of hydrogen-bond donors (Lipinski definition) is 2. The molecule has 2 N–H and O–H groups in total. The van der Waals surface area contributed by atoms with E-state index in [1.165, 1.54) is 12.1 Å². The Morgan fingerprint density at radius 2 is 2.13 bits per heavy atom. The quantitative estimate of drug-likeness (QED) is 0.826. The maximum Gasteiger partial charge on any atom is 0.220 e. The maximum atomic E-state index is 13.9. The number of hydrogen-bond acceptors (Lipinski definition) is 2. The molecule has 130 valence electrons. The number of rotatable bonds is 6. The van der Waals surface area contributed by atoms with Gasteiger partial charge >= 0.3 is 0 Å². The molecule has 3 nitrogen and oxygen atoms in total. The van der Waals surface area contributed by atoms with Crippen molar-refractivity contribution in [3.8, 4) is 0 Å². The molecule has 0 bridgehead atoms. The van der Waals surface area contributed by atoms with Gasteiger partial charge in [0.1, 0.15) is 11.6 Å². The molecule has 2 unspecified atom stereocenters. The molecular weight excluding hydrogens is 322 g/mol. The van der Waals surface area contributed by atoms with Gasteiger partial charge in [-0.2, -0.15) is 0 Å². The predicted molar refractivity (Wildman–Crippen MR) is 89.5 cm³/mol.